The SMILES string of the molecule is O=C(O)COc1cccc(CNC(=O)CCCOc2ccc(F)cc2)c1. The quantitative estimate of drug-likeness (QED) is 0.636. The lowest BCUT2D eigenvalue weighted by Gasteiger charge is -2.09. The van der Waals surface area contributed by atoms with Crippen molar-refractivity contribution in [2.45, 2.75) is 19.4 Å². The summed E-state index contributed by atoms with van der Waals surface area (Å²) in [5.41, 5.74) is 0.809. The molecule has 0 unspecified atom stereocenters. The summed E-state index contributed by atoms with van der Waals surface area (Å²) in [4.78, 5) is 22.3. The third kappa shape index (κ3) is 7.21. The number of rotatable bonds is 10. The molecule has 2 aromatic rings. The van der Waals surface area contributed by atoms with E-state index in [1.54, 1.807) is 18.2 Å². The van der Waals surface area contributed by atoms with Gasteiger partial charge in [-0.1, -0.05) is 12.1 Å². The Balaban J connectivity index is 1.66. The first-order valence-corrected chi connectivity index (χ1v) is 8.11. The molecule has 6 nitrogen and oxygen atoms in total. The zero-order valence-corrected chi connectivity index (χ0v) is 14.1. The van der Waals surface area contributed by atoms with Crippen molar-refractivity contribution >= 4 is 11.9 Å². The summed E-state index contributed by atoms with van der Waals surface area (Å²) in [5.74, 6) is -0.498. The van der Waals surface area contributed by atoms with Crippen molar-refractivity contribution in [2.24, 2.45) is 0 Å². The van der Waals surface area contributed by atoms with E-state index in [2.05, 4.69) is 5.32 Å². The fourth-order valence-electron chi connectivity index (χ4n) is 2.13. The minimum Gasteiger partial charge on any atom is -0.494 e. The maximum atomic E-state index is 12.8. The molecule has 2 N–H and O–H groups in total. The van der Waals surface area contributed by atoms with Crippen LogP contribution in [0.15, 0.2) is 48.5 Å². The Labute approximate surface area is 150 Å². The molecular formula is C19H20FNO5. The van der Waals surface area contributed by atoms with Gasteiger partial charge in [0.25, 0.3) is 0 Å². The number of carboxylic acids is 1. The molecule has 0 aliphatic carbocycles. The second-order valence-electron chi connectivity index (χ2n) is 5.51. The summed E-state index contributed by atoms with van der Waals surface area (Å²) in [5, 5.41) is 11.4. The molecule has 7 heteroatoms. The minimum absolute atomic E-state index is 0.121. The first-order valence-electron chi connectivity index (χ1n) is 8.11. The van der Waals surface area contributed by atoms with Crippen LogP contribution < -0.4 is 14.8 Å². The monoisotopic (exact) mass is 361 g/mol. The van der Waals surface area contributed by atoms with E-state index in [-0.39, 0.29) is 11.7 Å². The second kappa shape index (κ2) is 10.0. The molecule has 0 aliphatic heterocycles. The summed E-state index contributed by atoms with van der Waals surface area (Å²) < 4.78 is 23.3. The molecule has 2 rings (SSSR count). The lowest BCUT2D eigenvalue weighted by molar-refractivity contribution is -0.139. The van der Waals surface area contributed by atoms with Gasteiger partial charge >= 0.3 is 5.97 Å². The lowest BCUT2D eigenvalue weighted by Crippen LogP contribution is -2.23. The van der Waals surface area contributed by atoms with Gasteiger partial charge < -0.3 is 19.9 Å². The highest BCUT2D eigenvalue weighted by Crippen LogP contribution is 2.13. The van der Waals surface area contributed by atoms with Gasteiger partial charge in [-0.2, -0.15) is 0 Å². The van der Waals surface area contributed by atoms with Crippen molar-refractivity contribution in [2.75, 3.05) is 13.2 Å². The molecule has 0 saturated heterocycles. The molecule has 138 valence electrons. The maximum Gasteiger partial charge on any atom is 0.341 e. The number of hydrogen-bond acceptors (Lipinski definition) is 4. The van der Waals surface area contributed by atoms with Crippen LogP contribution in [0.25, 0.3) is 0 Å². The van der Waals surface area contributed by atoms with E-state index < -0.39 is 12.6 Å². The van der Waals surface area contributed by atoms with Crippen LogP contribution >= 0.6 is 0 Å². The van der Waals surface area contributed by atoms with Crippen LogP contribution in [0, 0.1) is 5.82 Å². The molecule has 1 amide bonds. The Kier molecular flexibility index (Phi) is 7.42. The van der Waals surface area contributed by atoms with Gasteiger partial charge in [0.05, 0.1) is 6.61 Å². The van der Waals surface area contributed by atoms with Crippen LogP contribution in [-0.4, -0.2) is 30.2 Å². The van der Waals surface area contributed by atoms with Crippen molar-refractivity contribution in [3.05, 3.63) is 59.9 Å². The third-order valence-electron chi connectivity index (χ3n) is 3.38. The molecule has 0 bridgehead atoms. The first-order chi connectivity index (χ1) is 12.5. The van der Waals surface area contributed by atoms with Crippen molar-refractivity contribution in [1.82, 2.24) is 5.32 Å². The van der Waals surface area contributed by atoms with E-state index >= 15 is 0 Å². The molecule has 0 fully saturated rings. The average Bonchev–Trinajstić information content (AvgIpc) is 2.64. The molecule has 0 aliphatic rings. The first kappa shape index (κ1) is 19.2. The average molecular weight is 361 g/mol. The van der Waals surface area contributed by atoms with Crippen molar-refractivity contribution in [3.63, 3.8) is 0 Å². The second-order valence-corrected chi connectivity index (χ2v) is 5.51. The highest BCUT2D eigenvalue weighted by molar-refractivity contribution is 5.75. The molecule has 0 saturated carbocycles. The summed E-state index contributed by atoms with van der Waals surface area (Å²) in [6.07, 6.45) is 0.835. The third-order valence-corrected chi connectivity index (χ3v) is 3.38. The number of ether oxygens (including phenoxy) is 2. The van der Waals surface area contributed by atoms with Crippen LogP contribution in [0.4, 0.5) is 4.39 Å². The Morgan fingerprint density at radius 2 is 1.81 bits per heavy atom. The largest absolute Gasteiger partial charge is 0.494 e. The number of carbonyl (C=O) groups excluding carboxylic acids is 1. The fraction of sp³-hybridized carbons (Fsp3) is 0.263. The number of amides is 1. The van der Waals surface area contributed by atoms with Crippen LogP contribution in [-0.2, 0) is 16.1 Å². The number of carboxylic acid groups (broad SMARTS) is 1. The topological polar surface area (TPSA) is 84.9 Å². The number of carbonyl (C=O) groups is 2. The number of nitrogens with one attached hydrogen (secondary N) is 1. The van der Waals surface area contributed by atoms with Gasteiger partial charge in [-0.15, -0.1) is 0 Å². The molecule has 0 heterocycles. The van der Waals surface area contributed by atoms with Crippen LogP contribution in [0.5, 0.6) is 11.5 Å². The smallest absolute Gasteiger partial charge is 0.341 e. The maximum absolute atomic E-state index is 12.8. The fourth-order valence-corrected chi connectivity index (χ4v) is 2.13. The summed E-state index contributed by atoms with van der Waals surface area (Å²) in [6.45, 7) is 0.267. The lowest BCUT2D eigenvalue weighted by atomic mass is 10.2. The van der Waals surface area contributed by atoms with Gasteiger partial charge in [0.1, 0.15) is 17.3 Å². The Bertz CT molecular complexity index is 733. The van der Waals surface area contributed by atoms with Crippen molar-refractivity contribution in [1.29, 1.82) is 0 Å². The van der Waals surface area contributed by atoms with Crippen LogP contribution in [0.3, 0.4) is 0 Å². The molecule has 0 atom stereocenters. The Morgan fingerprint density at radius 1 is 1.04 bits per heavy atom. The standard InChI is InChI=1S/C19H20FNO5/c20-15-6-8-16(9-7-15)25-10-2-5-18(22)21-12-14-3-1-4-17(11-14)26-13-19(23)24/h1,3-4,6-9,11H,2,5,10,12-13H2,(H,21,22)(H,23,24). The molecule has 0 aromatic heterocycles. The highest BCUT2D eigenvalue weighted by Gasteiger charge is 2.04. The van der Waals surface area contributed by atoms with Gasteiger partial charge in [0, 0.05) is 13.0 Å². The number of benzene rings is 2. The van der Waals surface area contributed by atoms with E-state index in [1.165, 1.54) is 24.3 Å². The van der Waals surface area contributed by atoms with Gasteiger partial charge in [0.15, 0.2) is 6.61 Å². The van der Waals surface area contributed by atoms with Crippen LogP contribution in [0.1, 0.15) is 18.4 Å². The Hall–Kier alpha value is -3.09. The van der Waals surface area contributed by atoms with Gasteiger partial charge in [-0.3, -0.25) is 4.79 Å². The molecule has 2 aromatic carbocycles. The summed E-state index contributed by atoms with van der Waals surface area (Å²) in [6, 6.07) is 12.6. The highest BCUT2D eigenvalue weighted by atomic mass is 19.1. The summed E-state index contributed by atoms with van der Waals surface area (Å²) >= 11 is 0. The zero-order chi connectivity index (χ0) is 18.8. The van der Waals surface area contributed by atoms with Gasteiger partial charge in [-0.05, 0) is 48.4 Å². The predicted molar refractivity (Wildman–Crippen MR) is 92.5 cm³/mol. The van der Waals surface area contributed by atoms with Gasteiger partial charge in [-0.25, -0.2) is 9.18 Å². The summed E-state index contributed by atoms with van der Waals surface area (Å²) in [7, 11) is 0. The molecule has 0 radical (unpaired) electrons. The number of hydrogen-bond donors (Lipinski definition) is 2. The number of halogens is 1. The normalized spacial score (nSPS) is 10.2. The predicted octanol–water partition coefficient (Wildman–Crippen LogP) is 2.76. The van der Waals surface area contributed by atoms with Crippen molar-refractivity contribution in [3.8, 4) is 11.5 Å². The van der Waals surface area contributed by atoms with Gasteiger partial charge in [0.2, 0.25) is 5.91 Å². The molecular weight excluding hydrogens is 341 g/mol. The van der Waals surface area contributed by atoms with E-state index in [0.29, 0.717) is 37.5 Å². The van der Waals surface area contributed by atoms with Crippen LogP contribution in [0.2, 0.25) is 0 Å². The van der Waals surface area contributed by atoms with E-state index in [4.69, 9.17) is 14.6 Å². The zero-order valence-electron chi connectivity index (χ0n) is 14.1. The van der Waals surface area contributed by atoms with E-state index in [0.717, 1.165) is 5.56 Å². The number of aliphatic carboxylic acids is 1. The van der Waals surface area contributed by atoms with Crippen molar-refractivity contribution < 1.29 is 28.6 Å². The molecule has 26 heavy (non-hydrogen) atoms. The van der Waals surface area contributed by atoms with E-state index in [1.807, 2.05) is 6.07 Å². The van der Waals surface area contributed by atoms with E-state index in [9.17, 15) is 14.0 Å². The Morgan fingerprint density at radius 3 is 2.54 bits per heavy atom. The minimum atomic E-state index is -1.05. The molecule has 0 spiro atoms.